The van der Waals surface area contributed by atoms with Gasteiger partial charge >= 0.3 is 0 Å². The van der Waals surface area contributed by atoms with Crippen LogP contribution in [0, 0.1) is 30.6 Å². The summed E-state index contributed by atoms with van der Waals surface area (Å²) in [6, 6.07) is 5.27. The van der Waals surface area contributed by atoms with Gasteiger partial charge in [-0.15, -0.1) is 0 Å². The van der Waals surface area contributed by atoms with Crippen molar-refractivity contribution in [2.45, 2.75) is 97.4 Å². The Hall–Kier alpha value is -3.03. The van der Waals surface area contributed by atoms with Gasteiger partial charge in [0.15, 0.2) is 0 Å². The summed E-state index contributed by atoms with van der Waals surface area (Å²) in [6.07, 6.45) is 9.39. The first kappa shape index (κ1) is 35.3. The van der Waals surface area contributed by atoms with Crippen LogP contribution in [-0.2, 0) is 29.2 Å². The van der Waals surface area contributed by atoms with E-state index in [0.717, 1.165) is 49.6 Å². The van der Waals surface area contributed by atoms with Crippen LogP contribution < -0.4 is 10.6 Å². The van der Waals surface area contributed by atoms with Crippen LogP contribution in [0.2, 0.25) is 25.7 Å². The molecule has 0 unspecified atom stereocenters. The number of halogens is 1. The summed E-state index contributed by atoms with van der Waals surface area (Å²) in [5.74, 6) is 0.516. The zero-order chi connectivity index (χ0) is 33.7. The zero-order valence-corrected chi connectivity index (χ0v) is 30.5. The van der Waals surface area contributed by atoms with Gasteiger partial charge in [0, 0.05) is 44.2 Å². The van der Waals surface area contributed by atoms with E-state index >= 15 is 4.39 Å². The molecule has 2 aliphatic rings. The van der Waals surface area contributed by atoms with Gasteiger partial charge in [0.1, 0.15) is 24.3 Å². The van der Waals surface area contributed by atoms with E-state index in [9.17, 15) is 9.59 Å². The molecule has 1 atom stereocenters. The number of ether oxygens (including phenoxy) is 1. The minimum atomic E-state index is -1.22. The number of aromatic nitrogens is 5. The van der Waals surface area contributed by atoms with Crippen LogP contribution in [0.4, 0.5) is 10.2 Å². The van der Waals surface area contributed by atoms with Gasteiger partial charge in [-0.05, 0) is 99.5 Å². The van der Waals surface area contributed by atoms with Gasteiger partial charge < -0.3 is 15.4 Å². The molecule has 3 heterocycles. The number of hydrogen-bond acceptors (Lipinski definition) is 7. The second-order valence-electron chi connectivity index (χ2n) is 14.1. The number of nitrogens with one attached hydrogen (secondary N) is 2. The highest BCUT2D eigenvalue weighted by molar-refractivity contribution is 7.98. The Morgan fingerprint density at radius 3 is 2.47 bits per heavy atom. The molecule has 0 radical (unpaired) electrons. The second kappa shape index (κ2) is 15.5. The molecule has 5 rings (SSSR count). The number of aryl methyl sites for hydroxylation is 2. The fraction of sp³-hybridized carbons (Fsp3) is 0.618. The van der Waals surface area contributed by atoms with E-state index in [-0.39, 0.29) is 23.6 Å². The van der Waals surface area contributed by atoms with Crippen molar-refractivity contribution in [1.82, 2.24) is 29.9 Å². The maximum absolute atomic E-state index is 15.7. The first-order valence-corrected chi connectivity index (χ1v) is 22.0. The SMILES string of the molecule is CCc1c(-c2ccc(NC(=O)[C@@H](NC(=O)c3ccnn3CCCSC)C(C3CC3)C3CC3)nc2F)c(C)nn1COCC[Si](C)(C)C. The predicted molar refractivity (Wildman–Crippen MR) is 188 cm³/mol. The summed E-state index contributed by atoms with van der Waals surface area (Å²) in [5.41, 5.74) is 3.04. The third-order valence-electron chi connectivity index (χ3n) is 9.10. The summed E-state index contributed by atoms with van der Waals surface area (Å²) >= 11 is 1.75. The van der Waals surface area contributed by atoms with Crippen molar-refractivity contribution < 1.29 is 18.7 Å². The Bertz CT molecular complexity index is 1530. The van der Waals surface area contributed by atoms with Gasteiger partial charge in [-0.2, -0.15) is 26.3 Å². The molecule has 0 saturated heterocycles. The molecule has 0 spiro atoms. The highest BCUT2D eigenvalue weighted by Gasteiger charge is 2.48. The molecule has 2 saturated carbocycles. The van der Waals surface area contributed by atoms with Gasteiger partial charge in [0.25, 0.3) is 5.91 Å². The van der Waals surface area contributed by atoms with Gasteiger partial charge in [-0.25, -0.2) is 9.67 Å². The molecule has 3 aromatic rings. The number of nitrogens with zero attached hydrogens (tertiary/aromatic N) is 5. The largest absolute Gasteiger partial charge is 0.360 e. The maximum atomic E-state index is 15.7. The summed E-state index contributed by atoms with van der Waals surface area (Å²) in [7, 11) is -1.22. The predicted octanol–water partition coefficient (Wildman–Crippen LogP) is 6.39. The van der Waals surface area contributed by atoms with E-state index in [0.29, 0.717) is 60.7 Å². The molecule has 10 nitrogen and oxygen atoms in total. The molecule has 2 amide bonds. The Morgan fingerprint density at radius 2 is 1.85 bits per heavy atom. The van der Waals surface area contributed by atoms with Gasteiger partial charge in [0.05, 0.1) is 5.69 Å². The number of carbonyl (C=O) groups excluding carboxylic acids is 2. The van der Waals surface area contributed by atoms with Crippen LogP contribution in [-0.4, -0.2) is 69.1 Å². The van der Waals surface area contributed by atoms with Gasteiger partial charge in [0.2, 0.25) is 11.9 Å². The monoisotopic (exact) mass is 683 g/mol. The summed E-state index contributed by atoms with van der Waals surface area (Å²) in [5, 5.41) is 14.9. The van der Waals surface area contributed by atoms with Crippen LogP contribution >= 0.6 is 11.8 Å². The van der Waals surface area contributed by atoms with Crippen molar-refractivity contribution in [2.24, 2.45) is 17.8 Å². The number of hydrogen-bond donors (Lipinski definition) is 2. The fourth-order valence-corrected chi connectivity index (χ4v) is 7.55. The number of rotatable bonds is 18. The third-order valence-corrected chi connectivity index (χ3v) is 11.5. The molecule has 2 fully saturated rings. The van der Waals surface area contributed by atoms with E-state index in [2.05, 4.69) is 51.7 Å². The van der Waals surface area contributed by atoms with Crippen molar-refractivity contribution >= 4 is 37.5 Å². The molecule has 0 aromatic carbocycles. The number of carbonyl (C=O) groups is 2. The summed E-state index contributed by atoms with van der Waals surface area (Å²) in [4.78, 5) is 31.6. The van der Waals surface area contributed by atoms with E-state index in [4.69, 9.17) is 4.74 Å². The van der Waals surface area contributed by atoms with Crippen molar-refractivity contribution in [3.63, 3.8) is 0 Å². The van der Waals surface area contributed by atoms with Crippen LogP contribution in [0.15, 0.2) is 24.4 Å². The zero-order valence-electron chi connectivity index (χ0n) is 28.6. The fourth-order valence-electron chi connectivity index (χ4n) is 6.38. The van der Waals surface area contributed by atoms with Gasteiger partial charge in [-0.3, -0.25) is 14.3 Å². The molecule has 256 valence electrons. The first-order chi connectivity index (χ1) is 22.5. The van der Waals surface area contributed by atoms with Crippen molar-refractivity contribution in [1.29, 1.82) is 0 Å². The van der Waals surface area contributed by atoms with Crippen LogP contribution in [0.5, 0.6) is 0 Å². The normalized spacial score (nSPS) is 15.7. The maximum Gasteiger partial charge on any atom is 0.270 e. The first-order valence-electron chi connectivity index (χ1n) is 16.9. The van der Waals surface area contributed by atoms with E-state index < -0.39 is 20.1 Å². The average Bonchev–Trinajstić information content (AvgIpc) is 3.95. The van der Waals surface area contributed by atoms with Crippen molar-refractivity contribution in [3.05, 3.63) is 47.4 Å². The third kappa shape index (κ3) is 9.11. The van der Waals surface area contributed by atoms with Crippen LogP contribution in [0.25, 0.3) is 11.1 Å². The van der Waals surface area contributed by atoms with Crippen molar-refractivity contribution in [3.8, 4) is 11.1 Å². The minimum absolute atomic E-state index is 0.0319. The minimum Gasteiger partial charge on any atom is -0.360 e. The quantitative estimate of drug-likeness (QED) is 0.0907. The second-order valence-corrected chi connectivity index (χ2v) is 20.7. The highest BCUT2D eigenvalue weighted by atomic mass is 32.2. The van der Waals surface area contributed by atoms with Crippen LogP contribution in [0.3, 0.4) is 0 Å². The molecular formula is C34H50FN7O3SSi. The Labute approximate surface area is 283 Å². The Balaban J connectivity index is 1.32. The molecule has 2 aliphatic carbocycles. The number of amides is 2. The lowest BCUT2D eigenvalue weighted by Crippen LogP contribution is -2.50. The lowest BCUT2D eigenvalue weighted by molar-refractivity contribution is -0.119. The smallest absolute Gasteiger partial charge is 0.270 e. The average molecular weight is 684 g/mol. The molecule has 3 aromatic heterocycles. The number of thioether (sulfide) groups is 1. The van der Waals surface area contributed by atoms with Crippen LogP contribution in [0.1, 0.15) is 60.9 Å². The lowest BCUT2D eigenvalue weighted by atomic mass is 9.88. The molecule has 0 aliphatic heterocycles. The number of anilines is 1. The molecule has 2 N–H and O–H groups in total. The molecular weight excluding hydrogens is 634 g/mol. The topological polar surface area (TPSA) is 116 Å². The van der Waals surface area contributed by atoms with E-state index in [1.807, 2.05) is 18.5 Å². The standard InChI is InChI=1S/C34H50FN7O3SSi/c1-7-26-29(22(2)40-42(26)21-45-18-20-47(4,5)6)25-13-14-28(37-32(25)35)38-34(44)31(30(23-9-10-23)24-11-12-24)39-33(43)27-15-16-36-41(27)17-8-19-46-3/h13-16,23-24,30-31H,7-12,17-21H2,1-6H3,(H,39,43)(H,37,38,44)/t31-/m0/s1. The van der Waals surface area contributed by atoms with E-state index in [1.165, 1.54) is 0 Å². The summed E-state index contributed by atoms with van der Waals surface area (Å²) in [6.45, 7) is 12.4. The van der Waals surface area contributed by atoms with E-state index in [1.54, 1.807) is 40.8 Å². The molecule has 0 bridgehead atoms. The number of pyridine rings is 1. The Morgan fingerprint density at radius 1 is 1.13 bits per heavy atom. The van der Waals surface area contributed by atoms with Gasteiger partial charge in [-0.1, -0.05) is 26.6 Å². The summed E-state index contributed by atoms with van der Waals surface area (Å²) < 4.78 is 25.2. The van der Waals surface area contributed by atoms with Crippen molar-refractivity contribution in [2.75, 3.05) is 23.9 Å². The molecule has 47 heavy (non-hydrogen) atoms. The lowest BCUT2D eigenvalue weighted by Gasteiger charge is -2.27. The molecule has 13 heteroatoms. The Kier molecular flexibility index (Phi) is 11.6. The highest BCUT2D eigenvalue weighted by Crippen LogP contribution is 2.51.